The summed E-state index contributed by atoms with van der Waals surface area (Å²) >= 11 is 3.25. The monoisotopic (exact) mass is 383 g/mol. The highest BCUT2D eigenvalue weighted by molar-refractivity contribution is 9.10. The maximum Gasteiger partial charge on any atom is 0.411 e. The van der Waals surface area contributed by atoms with Crippen LogP contribution >= 0.6 is 15.9 Å². The molecule has 2 aliphatic rings. The molecule has 124 valence electrons. The zero-order valence-corrected chi connectivity index (χ0v) is 14.7. The van der Waals surface area contributed by atoms with Crippen LogP contribution in [0.25, 0.3) is 0 Å². The van der Waals surface area contributed by atoms with Crippen molar-refractivity contribution in [3.05, 3.63) is 22.8 Å². The second-order valence-corrected chi connectivity index (χ2v) is 7.36. The predicted octanol–water partition coefficient (Wildman–Crippen LogP) is 2.17. The van der Waals surface area contributed by atoms with Gasteiger partial charge in [0.05, 0.1) is 6.54 Å². The largest absolute Gasteiger partial charge is 0.444 e. The summed E-state index contributed by atoms with van der Waals surface area (Å²) in [7, 11) is 0. The second kappa shape index (κ2) is 5.76. The molecule has 3 unspecified atom stereocenters. The van der Waals surface area contributed by atoms with E-state index in [1.807, 2.05) is 0 Å². The molecule has 0 bridgehead atoms. The number of carbonyl (C=O) groups is 2. The van der Waals surface area contributed by atoms with Gasteiger partial charge in [0, 0.05) is 0 Å². The number of hydrogen-bond acceptors (Lipinski definition) is 5. The molecule has 0 aliphatic carbocycles. The molecule has 0 radical (unpaired) electrons. The number of nitrogens with one attached hydrogen (secondary N) is 1. The van der Waals surface area contributed by atoms with Crippen molar-refractivity contribution in [1.29, 1.82) is 0 Å². The van der Waals surface area contributed by atoms with E-state index in [-0.39, 0.29) is 18.1 Å². The number of ether oxygens (including phenoxy) is 2. The number of amides is 2. The third kappa shape index (κ3) is 3.64. The van der Waals surface area contributed by atoms with Crippen molar-refractivity contribution in [1.82, 2.24) is 9.88 Å². The average molecular weight is 384 g/mol. The molecule has 7 nitrogen and oxygen atoms in total. The number of hydrogen-bond donors (Lipinski definition) is 1. The van der Waals surface area contributed by atoms with E-state index in [0.717, 1.165) is 0 Å². The van der Waals surface area contributed by atoms with Crippen molar-refractivity contribution >= 4 is 33.7 Å². The fraction of sp³-hybridized carbons (Fsp3) is 0.533. The zero-order chi connectivity index (χ0) is 16.8. The lowest BCUT2D eigenvalue weighted by Gasteiger charge is -2.29. The van der Waals surface area contributed by atoms with Crippen molar-refractivity contribution in [2.45, 2.75) is 44.6 Å². The zero-order valence-electron chi connectivity index (χ0n) is 13.1. The summed E-state index contributed by atoms with van der Waals surface area (Å²) in [5, 5.41) is 2.72. The van der Waals surface area contributed by atoms with Gasteiger partial charge in [0.2, 0.25) is 0 Å². The molecule has 23 heavy (non-hydrogen) atoms. The normalized spacial score (nSPS) is 25.7. The Bertz CT molecular complexity index is 646. The van der Waals surface area contributed by atoms with Gasteiger partial charge >= 0.3 is 6.09 Å². The number of rotatable bonds is 2. The first kappa shape index (κ1) is 16.2. The molecule has 0 saturated carbocycles. The fourth-order valence-corrected chi connectivity index (χ4v) is 2.89. The molecular weight excluding hydrogens is 366 g/mol. The first-order chi connectivity index (χ1) is 10.7. The lowest BCUT2D eigenvalue weighted by Crippen LogP contribution is -2.49. The number of aromatic nitrogens is 1. The Balaban J connectivity index is 1.71. The van der Waals surface area contributed by atoms with Crippen molar-refractivity contribution in [2.24, 2.45) is 0 Å². The van der Waals surface area contributed by atoms with Gasteiger partial charge in [-0.25, -0.2) is 9.78 Å². The van der Waals surface area contributed by atoms with Gasteiger partial charge in [-0.1, -0.05) is 6.07 Å². The lowest BCUT2D eigenvalue weighted by atomic mass is 10.2. The van der Waals surface area contributed by atoms with Gasteiger partial charge in [0.1, 0.15) is 34.3 Å². The molecule has 3 heterocycles. The number of anilines is 1. The summed E-state index contributed by atoms with van der Waals surface area (Å²) in [5.74, 6) is 0.0871. The highest BCUT2D eigenvalue weighted by Gasteiger charge is 2.59. The van der Waals surface area contributed by atoms with E-state index in [1.54, 1.807) is 39.0 Å². The van der Waals surface area contributed by atoms with Crippen LogP contribution in [0.4, 0.5) is 10.6 Å². The number of epoxide rings is 1. The van der Waals surface area contributed by atoms with Gasteiger partial charge in [0.25, 0.3) is 5.91 Å². The molecule has 0 spiro atoms. The first-order valence-electron chi connectivity index (χ1n) is 7.33. The summed E-state index contributed by atoms with van der Waals surface area (Å²) in [6.45, 7) is 5.74. The minimum atomic E-state index is -0.698. The van der Waals surface area contributed by atoms with Gasteiger partial charge in [-0.2, -0.15) is 0 Å². The summed E-state index contributed by atoms with van der Waals surface area (Å²) in [6, 6.07) is 4.51. The second-order valence-electron chi connectivity index (χ2n) is 6.55. The Morgan fingerprint density at radius 3 is 2.83 bits per heavy atom. The van der Waals surface area contributed by atoms with Gasteiger partial charge in [-0.05, 0) is 48.8 Å². The Morgan fingerprint density at radius 1 is 1.43 bits per heavy atom. The molecule has 0 aromatic carbocycles. The third-order valence-corrected chi connectivity index (χ3v) is 3.95. The number of halogens is 1. The van der Waals surface area contributed by atoms with Gasteiger partial charge in [-0.3, -0.25) is 9.69 Å². The molecule has 1 aromatic rings. The topological polar surface area (TPSA) is 84.1 Å². The fourth-order valence-electron chi connectivity index (χ4n) is 2.54. The van der Waals surface area contributed by atoms with E-state index in [9.17, 15) is 9.59 Å². The molecule has 3 rings (SSSR count). The van der Waals surface area contributed by atoms with Crippen molar-refractivity contribution < 1.29 is 19.1 Å². The molecule has 2 amide bonds. The minimum Gasteiger partial charge on any atom is -0.444 e. The maximum absolute atomic E-state index is 12.5. The highest BCUT2D eigenvalue weighted by Crippen LogP contribution is 2.37. The van der Waals surface area contributed by atoms with E-state index in [1.165, 1.54) is 4.90 Å². The molecule has 1 aromatic heterocycles. The Morgan fingerprint density at radius 2 is 2.17 bits per heavy atom. The number of fused-ring (bicyclic) bond motifs is 1. The molecule has 2 aliphatic heterocycles. The van der Waals surface area contributed by atoms with Crippen LogP contribution in [0, 0.1) is 0 Å². The molecule has 3 atom stereocenters. The number of nitrogens with zero attached hydrogens (tertiary/aromatic N) is 2. The third-order valence-electron chi connectivity index (χ3n) is 3.51. The smallest absolute Gasteiger partial charge is 0.411 e. The summed E-state index contributed by atoms with van der Waals surface area (Å²) in [5.41, 5.74) is -0.613. The number of pyridine rings is 1. The van der Waals surface area contributed by atoms with Gasteiger partial charge < -0.3 is 14.8 Å². The first-order valence-corrected chi connectivity index (χ1v) is 8.12. The van der Waals surface area contributed by atoms with Crippen LogP contribution in [0.15, 0.2) is 22.8 Å². The van der Waals surface area contributed by atoms with E-state index in [2.05, 4.69) is 26.2 Å². The standard InChI is InChI=1S/C15H18BrN3O4/c1-15(2,3)23-14(21)19-7-8-12(22-8)11(19)13(20)18-10-6-4-5-9(16)17-10/h4-6,8,11-12H,7H2,1-3H3,(H,17,18,20). The van der Waals surface area contributed by atoms with Crippen molar-refractivity contribution in [3.63, 3.8) is 0 Å². The van der Waals surface area contributed by atoms with Crippen molar-refractivity contribution in [2.75, 3.05) is 11.9 Å². The average Bonchev–Trinajstić information content (AvgIpc) is 3.07. The van der Waals surface area contributed by atoms with Crippen LogP contribution in [0.2, 0.25) is 0 Å². The van der Waals surface area contributed by atoms with Crippen LogP contribution in [0.1, 0.15) is 20.8 Å². The van der Waals surface area contributed by atoms with E-state index in [4.69, 9.17) is 9.47 Å². The SMILES string of the molecule is CC(C)(C)OC(=O)N1CC2OC2C1C(=O)Nc1cccc(Br)n1. The van der Waals surface area contributed by atoms with E-state index in [0.29, 0.717) is 17.0 Å². The summed E-state index contributed by atoms with van der Waals surface area (Å²) < 4.78 is 11.4. The Hall–Kier alpha value is -1.67. The molecule has 2 fully saturated rings. The van der Waals surface area contributed by atoms with Crippen LogP contribution in [-0.2, 0) is 14.3 Å². The van der Waals surface area contributed by atoms with E-state index >= 15 is 0 Å². The Labute approximate surface area is 142 Å². The summed E-state index contributed by atoms with van der Waals surface area (Å²) in [4.78, 5) is 30.4. The van der Waals surface area contributed by atoms with Crippen LogP contribution in [-0.4, -0.2) is 52.3 Å². The van der Waals surface area contributed by atoms with Crippen LogP contribution < -0.4 is 5.32 Å². The van der Waals surface area contributed by atoms with Crippen molar-refractivity contribution in [3.8, 4) is 0 Å². The molecule has 2 saturated heterocycles. The number of carbonyl (C=O) groups excluding carboxylic acids is 2. The Kier molecular flexibility index (Phi) is 4.05. The molecule has 1 N–H and O–H groups in total. The van der Waals surface area contributed by atoms with Gasteiger partial charge in [0.15, 0.2) is 0 Å². The maximum atomic E-state index is 12.5. The van der Waals surface area contributed by atoms with Crippen LogP contribution in [0.5, 0.6) is 0 Å². The molecular formula is C15H18BrN3O4. The predicted molar refractivity (Wildman–Crippen MR) is 86.0 cm³/mol. The number of likely N-dealkylation sites (tertiary alicyclic amines) is 1. The minimum absolute atomic E-state index is 0.0891. The lowest BCUT2D eigenvalue weighted by molar-refractivity contribution is -0.121. The quantitative estimate of drug-likeness (QED) is 0.624. The van der Waals surface area contributed by atoms with Crippen LogP contribution in [0.3, 0.4) is 0 Å². The molecule has 8 heteroatoms. The number of morpholine rings is 1. The summed E-state index contributed by atoms with van der Waals surface area (Å²) in [6.07, 6.45) is -0.862. The highest BCUT2D eigenvalue weighted by atomic mass is 79.9. The van der Waals surface area contributed by atoms with Gasteiger partial charge in [-0.15, -0.1) is 0 Å². The van der Waals surface area contributed by atoms with E-state index < -0.39 is 17.7 Å².